The third-order valence-corrected chi connectivity index (χ3v) is 4.11. The second-order valence-electron chi connectivity index (χ2n) is 4.20. The molecule has 1 aromatic carbocycles. The highest BCUT2D eigenvalue weighted by atomic mass is 32.1. The molecule has 3 rings (SSSR count). The number of para-hydroxylation sites is 1. The van der Waals surface area contributed by atoms with Gasteiger partial charge in [0.15, 0.2) is 0 Å². The number of β-amino-alcohol motifs (C(OH)–C–C–N with tert-alkyl or cyclic N) is 1. The minimum Gasteiger partial charge on any atom is -0.382 e. The van der Waals surface area contributed by atoms with Gasteiger partial charge < -0.3 is 10.4 Å². The molecule has 1 aromatic heterocycles. The molecule has 3 heteroatoms. The van der Waals surface area contributed by atoms with Gasteiger partial charge in [0.05, 0.1) is 0 Å². The van der Waals surface area contributed by atoms with E-state index in [-0.39, 0.29) is 0 Å². The number of hydrogen-bond acceptors (Lipinski definition) is 3. The fourth-order valence-electron chi connectivity index (χ4n) is 2.18. The fourth-order valence-corrected chi connectivity index (χ4v) is 3.01. The van der Waals surface area contributed by atoms with E-state index in [1.807, 2.05) is 29.6 Å². The van der Waals surface area contributed by atoms with E-state index in [2.05, 4.69) is 17.4 Å². The van der Waals surface area contributed by atoms with Crippen molar-refractivity contribution in [1.82, 2.24) is 0 Å². The topological polar surface area (TPSA) is 32.3 Å². The van der Waals surface area contributed by atoms with Crippen molar-refractivity contribution < 1.29 is 5.11 Å². The van der Waals surface area contributed by atoms with Crippen LogP contribution >= 0.6 is 11.3 Å². The van der Waals surface area contributed by atoms with Crippen LogP contribution in [0.5, 0.6) is 0 Å². The van der Waals surface area contributed by atoms with Crippen molar-refractivity contribution >= 4 is 17.0 Å². The summed E-state index contributed by atoms with van der Waals surface area (Å²) in [7, 11) is 0. The van der Waals surface area contributed by atoms with Crippen LogP contribution in [-0.4, -0.2) is 11.7 Å². The minimum absolute atomic E-state index is 0.588. The Balaban J connectivity index is 1.98. The van der Waals surface area contributed by atoms with Gasteiger partial charge in [0.25, 0.3) is 0 Å². The second kappa shape index (κ2) is 3.61. The lowest BCUT2D eigenvalue weighted by Crippen LogP contribution is -2.39. The minimum atomic E-state index is -0.748. The molecule has 1 aliphatic heterocycles. The zero-order valence-electron chi connectivity index (χ0n) is 8.81. The molecule has 1 atom stereocenters. The highest BCUT2D eigenvalue weighted by molar-refractivity contribution is 7.10. The summed E-state index contributed by atoms with van der Waals surface area (Å²) in [6, 6.07) is 12.1. The summed E-state index contributed by atoms with van der Waals surface area (Å²) < 4.78 is 0. The predicted octanol–water partition coefficient (Wildman–Crippen LogP) is 2.60. The van der Waals surface area contributed by atoms with Gasteiger partial charge in [0.2, 0.25) is 0 Å². The number of hydrogen-bond donors (Lipinski definition) is 2. The van der Waals surface area contributed by atoms with Crippen molar-refractivity contribution in [3.63, 3.8) is 0 Å². The van der Waals surface area contributed by atoms with E-state index in [1.165, 1.54) is 5.56 Å². The maximum atomic E-state index is 10.6. The molecule has 0 saturated heterocycles. The van der Waals surface area contributed by atoms with Gasteiger partial charge in [-0.1, -0.05) is 24.3 Å². The van der Waals surface area contributed by atoms with Gasteiger partial charge in [-0.05, 0) is 23.1 Å². The van der Waals surface area contributed by atoms with Crippen LogP contribution in [0.2, 0.25) is 0 Å². The van der Waals surface area contributed by atoms with Crippen molar-refractivity contribution in [2.75, 3.05) is 11.9 Å². The SMILES string of the molecule is OC1(c2cccs2)CNc2ccccc2C1. The molecule has 2 nitrogen and oxygen atoms in total. The smallest absolute Gasteiger partial charge is 0.120 e. The Morgan fingerprint density at radius 1 is 1.19 bits per heavy atom. The van der Waals surface area contributed by atoms with Gasteiger partial charge in [0, 0.05) is 23.5 Å². The molecule has 0 fully saturated rings. The molecular formula is C13H13NOS. The first kappa shape index (κ1) is 9.87. The summed E-state index contributed by atoms with van der Waals surface area (Å²) in [6.45, 7) is 0.588. The van der Waals surface area contributed by atoms with Crippen molar-refractivity contribution in [3.8, 4) is 0 Å². The molecule has 1 aliphatic rings. The van der Waals surface area contributed by atoms with E-state index in [4.69, 9.17) is 0 Å². The van der Waals surface area contributed by atoms with Crippen LogP contribution < -0.4 is 5.32 Å². The van der Waals surface area contributed by atoms with E-state index >= 15 is 0 Å². The quantitative estimate of drug-likeness (QED) is 0.790. The summed E-state index contributed by atoms with van der Waals surface area (Å²) in [6.07, 6.45) is 0.691. The number of benzene rings is 1. The van der Waals surface area contributed by atoms with Crippen LogP contribution in [0.3, 0.4) is 0 Å². The number of fused-ring (bicyclic) bond motifs is 1. The van der Waals surface area contributed by atoms with Gasteiger partial charge in [0.1, 0.15) is 5.60 Å². The van der Waals surface area contributed by atoms with E-state index < -0.39 is 5.60 Å². The molecule has 2 heterocycles. The molecule has 0 bridgehead atoms. The van der Waals surface area contributed by atoms with Gasteiger partial charge in [-0.15, -0.1) is 11.3 Å². The van der Waals surface area contributed by atoms with Gasteiger partial charge in [-0.25, -0.2) is 0 Å². The summed E-state index contributed by atoms with van der Waals surface area (Å²) >= 11 is 1.61. The van der Waals surface area contributed by atoms with E-state index in [0.717, 1.165) is 10.6 Å². The number of aliphatic hydroxyl groups is 1. The molecule has 0 saturated carbocycles. The van der Waals surface area contributed by atoms with Crippen LogP contribution in [0.1, 0.15) is 10.4 Å². The van der Waals surface area contributed by atoms with Crippen LogP contribution in [0.25, 0.3) is 0 Å². The van der Waals surface area contributed by atoms with Crippen molar-refractivity contribution in [2.24, 2.45) is 0 Å². The van der Waals surface area contributed by atoms with Crippen molar-refractivity contribution in [3.05, 3.63) is 52.2 Å². The van der Waals surface area contributed by atoms with E-state index in [9.17, 15) is 5.11 Å². The summed E-state index contributed by atoms with van der Waals surface area (Å²) in [5.41, 5.74) is 1.58. The molecule has 0 radical (unpaired) electrons. The van der Waals surface area contributed by atoms with Crippen molar-refractivity contribution in [1.29, 1.82) is 0 Å². The van der Waals surface area contributed by atoms with E-state index in [0.29, 0.717) is 13.0 Å². The first-order valence-corrected chi connectivity index (χ1v) is 6.24. The van der Waals surface area contributed by atoms with Crippen LogP contribution in [0.15, 0.2) is 41.8 Å². The molecule has 2 aromatic rings. The van der Waals surface area contributed by atoms with Crippen LogP contribution in [0, 0.1) is 0 Å². The normalized spacial score (nSPS) is 23.6. The molecule has 2 N–H and O–H groups in total. The third-order valence-electron chi connectivity index (χ3n) is 3.05. The highest BCUT2D eigenvalue weighted by Crippen LogP contribution is 2.35. The Morgan fingerprint density at radius 3 is 2.88 bits per heavy atom. The maximum Gasteiger partial charge on any atom is 0.120 e. The van der Waals surface area contributed by atoms with E-state index in [1.54, 1.807) is 11.3 Å². The Kier molecular flexibility index (Phi) is 2.23. The Bertz CT molecular complexity index is 494. The lowest BCUT2D eigenvalue weighted by atomic mass is 9.88. The highest BCUT2D eigenvalue weighted by Gasteiger charge is 2.34. The monoisotopic (exact) mass is 231 g/mol. The fraction of sp³-hybridized carbons (Fsp3) is 0.231. The first-order valence-electron chi connectivity index (χ1n) is 5.36. The molecule has 0 spiro atoms. The lowest BCUT2D eigenvalue weighted by Gasteiger charge is -2.33. The van der Waals surface area contributed by atoms with Gasteiger partial charge >= 0.3 is 0 Å². The van der Waals surface area contributed by atoms with Crippen LogP contribution in [0.4, 0.5) is 5.69 Å². The zero-order valence-corrected chi connectivity index (χ0v) is 9.63. The summed E-state index contributed by atoms with van der Waals surface area (Å²) in [5, 5.41) is 15.9. The second-order valence-corrected chi connectivity index (χ2v) is 5.14. The number of rotatable bonds is 1. The number of nitrogens with one attached hydrogen (secondary N) is 1. The van der Waals surface area contributed by atoms with Gasteiger partial charge in [-0.3, -0.25) is 0 Å². The summed E-state index contributed by atoms with van der Waals surface area (Å²) in [4.78, 5) is 1.04. The Morgan fingerprint density at radius 2 is 2.06 bits per heavy atom. The van der Waals surface area contributed by atoms with Crippen molar-refractivity contribution in [2.45, 2.75) is 12.0 Å². The molecule has 0 amide bonds. The number of thiophene rings is 1. The largest absolute Gasteiger partial charge is 0.382 e. The average molecular weight is 231 g/mol. The standard InChI is InChI=1S/C13H13NOS/c15-13(12-6-3-7-16-12)8-10-4-1-2-5-11(10)14-9-13/h1-7,14-15H,8-9H2. The Labute approximate surface area is 98.6 Å². The van der Waals surface area contributed by atoms with Gasteiger partial charge in [-0.2, -0.15) is 0 Å². The molecular weight excluding hydrogens is 218 g/mol. The molecule has 16 heavy (non-hydrogen) atoms. The molecule has 1 unspecified atom stereocenters. The summed E-state index contributed by atoms with van der Waals surface area (Å²) in [5.74, 6) is 0. The molecule has 82 valence electrons. The zero-order chi connectivity index (χ0) is 11.0. The first-order chi connectivity index (χ1) is 7.78. The maximum absolute atomic E-state index is 10.6. The predicted molar refractivity (Wildman–Crippen MR) is 66.9 cm³/mol. The Hall–Kier alpha value is -1.32. The molecule has 0 aliphatic carbocycles. The number of anilines is 1. The lowest BCUT2D eigenvalue weighted by molar-refractivity contribution is 0.0515. The third kappa shape index (κ3) is 1.52. The average Bonchev–Trinajstić information content (AvgIpc) is 2.83. The van der Waals surface area contributed by atoms with Crippen LogP contribution in [-0.2, 0) is 12.0 Å².